The molecule has 0 amide bonds. The van der Waals surface area contributed by atoms with Crippen molar-refractivity contribution in [2.75, 3.05) is 23.3 Å². The van der Waals surface area contributed by atoms with E-state index in [1.165, 1.54) is 19.3 Å². The van der Waals surface area contributed by atoms with Crippen molar-refractivity contribution >= 4 is 40.7 Å². The number of rotatable bonds is 3. The Bertz CT molecular complexity index is 629. The summed E-state index contributed by atoms with van der Waals surface area (Å²) in [5.74, 6) is 1.26. The molecule has 7 heteroatoms. The van der Waals surface area contributed by atoms with Gasteiger partial charge in [0.15, 0.2) is 5.82 Å². The van der Waals surface area contributed by atoms with Crippen molar-refractivity contribution in [3.05, 3.63) is 34.4 Å². The zero-order valence-electron chi connectivity index (χ0n) is 11.4. The lowest BCUT2D eigenvalue weighted by Gasteiger charge is -2.27. The number of nitrogens with one attached hydrogen (secondary N) is 1. The monoisotopic (exact) mass is 323 g/mol. The lowest BCUT2D eigenvalue weighted by molar-refractivity contribution is 0.572. The molecule has 1 fully saturated rings. The van der Waals surface area contributed by atoms with E-state index in [1.54, 1.807) is 12.3 Å². The van der Waals surface area contributed by atoms with Gasteiger partial charge >= 0.3 is 0 Å². The number of benzene rings is 1. The number of hydrogen-bond acceptors (Lipinski definition) is 5. The summed E-state index contributed by atoms with van der Waals surface area (Å²) in [5, 5.41) is 12.0. The third-order valence-corrected chi connectivity index (χ3v) is 4.24. The molecular weight excluding hydrogens is 309 g/mol. The third-order valence-electron chi connectivity index (χ3n) is 3.42. The number of halogens is 2. The second kappa shape index (κ2) is 6.45. The van der Waals surface area contributed by atoms with Crippen LogP contribution < -0.4 is 10.2 Å². The van der Waals surface area contributed by atoms with Gasteiger partial charge in [-0.15, -0.1) is 5.10 Å². The number of hydrogen-bond donors (Lipinski definition) is 1. The zero-order chi connectivity index (χ0) is 14.7. The first-order chi connectivity index (χ1) is 10.2. The summed E-state index contributed by atoms with van der Waals surface area (Å²) >= 11 is 12.1. The Balaban J connectivity index is 1.81. The molecule has 1 saturated heterocycles. The molecule has 1 aliphatic rings. The predicted octanol–water partition coefficient (Wildman–Crippen LogP) is 3.91. The fourth-order valence-electron chi connectivity index (χ4n) is 2.34. The highest BCUT2D eigenvalue weighted by atomic mass is 35.5. The van der Waals surface area contributed by atoms with Crippen molar-refractivity contribution < 1.29 is 0 Å². The standard InChI is InChI=1S/C14H15Cl2N5/c15-10-5-4-6-11(13(10)16)18-14-19-12(9-17-20-14)21-7-2-1-3-8-21/h4-6,9H,1-3,7-8H2,(H,18,19,20). The molecule has 110 valence electrons. The normalized spacial score (nSPS) is 15.0. The summed E-state index contributed by atoms with van der Waals surface area (Å²) in [4.78, 5) is 6.73. The Morgan fingerprint density at radius 1 is 1.10 bits per heavy atom. The lowest BCUT2D eigenvalue weighted by Crippen LogP contribution is -2.30. The number of anilines is 3. The van der Waals surface area contributed by atoms with Crippen LogP contribution in [0.5, 0.6) is 0 Å². The van der Waals surface area contributed by atoms with E-state index in [0.717, 1.165) is 18.9 Å². The maximum Gasteiger partial charge on any atom is 0.249 e. The summed E-state index contributed by atoms with van der Waals surface area (Å²) in [6, 6.07) is 5.38. The Labute approximate surface area is 133 Å². The maximum absolute atomic E-state index is 6.15. The van der Waals surface area contributed by atoms with Crippen LogP contribution >= 0.6 is 23.2 Å². The number of nitrogens with zero attached hydrogens (tertiary/aromatic N) is 4. The van der Waals surface area contributed by atoms with Crippen LogP contribution in [-0.2, 0) is 0 Å². The quantitative estimate of drug-likeness (QED) is 0.927. The Morgan fingerprint density at radius 3 is 2.71 bits per heavy atom. The average molecular weight is 324 g/mol. The van der Waals surface area contributed by atoms with E-state index in [2.05, 4.69) is 25.4 Å². The highest BCUT2D eigenvalue weighted by Crippen LogP contribution is 2.31. The smallest absolute Gasteiger partial charge is 0.249 e. The molecule has 0 bridgehead atoms. The van der Waals surface area contributed by atoms with Crippen molar-refractivity contribution in [1.82, 2.24) is 15.2 Å². The second-order valence-corrected chi connectivity index (χ2v) is 5.70. The molecule has 0 saturated carbocycles. The minimum Gasteiger partial charge on any atom is -0.355 e. The molecule has 2 heterocycles. The molecule has 1 aliphatic heterocycles. The molecule has 5 nitrogen and oxygen atoms in total. The molecule has 0 radical (unpaired) electrons. The average Bonchev–Trinajstić information content (AvgIpc) is 2.53. The van der Waals surface area contributed by atoms with Gasteiger partial charge in [-0.05, 0) is 31.4 Å². The van der Waals surface area contributed by atoms with E-state index in [9.17, 15) is 0 Å². The van der Waals surface area contributed by atoms with Gasteiger partial charge in [-0.3, -0.25) is 0 Å². The fraction of sp³-hybridized carbons (Fsp3) is 0.357. The van der Waals surface area contributed by atoms with Crippen molar-refractivity contribution in [3.8, 4) is 0 Å². The molecule has 0 aliphatic carbocycles. The van der Waals surface area contributed by atoms with Gasteiger partial charge in [0.05, 0.1) is 21.9 Å². The van der Waals surface area contributed by atoms with Crippen LogP contribution in [0.15, 0.2) is 24.4 Å². The van der Waals surface area contributed by atoms with Crippen molar-refractivity contribution in [3.63, 3.8) is 0 Å². The van der Waals surface area contributed by atoms with Gasteiger partial charge in [-0.2, -0.15) is 10.1 Å². The minimum atomic E-state index is 0.419. The van der Waals surface area contributed by atoms with Gasteiger partial charge in [-0.25, -0.2) is 0 Å². The minimum absolute atomic E-state index is 0.419. The van der Waals surface area contributed by atoms with Gasteiger partial charge in [-0.1, -0.05) is 29.3 Å². The predicted molar refractivity (Wildman–Crippen MR) is 85.6 cm³/mol. The Morgan fingerprint density at radius 2 is 1.90 bits per heavy atom. The highest BCUT2D eigenvalue weighted by Gasteiger charge is 2.14. The fourth-order valence-corrected chi connectivity index (χ4v) is 2.69. The number of aromatic nitrogens is 3. The molecule has 21 heavy (non-hydrogen) atoms. The molecule has 0 spiro atoms. The van der Waals surface area contributed by atoms with E-state index in [0.29, 0.717) is 21.7 Å². The van der Waals surface area contributed by atoms with E-state index in [-0.39, 0.29) is 0 Å². The molecule has 3 rings (SSSR count). The van der Waals surface area contributed by atoms with Gasteiger partial charge in [0, 0.05) is 13.1 Å². The summed E-state index contributed by atoms with van der Waals surface area (Å²) in [6.45, 7) is 2.02. The van der Waals surface area contributed by atoms with Crippen molar-refractivity contribution in [1.29, 1.82) is 0 Å². The SMILES string of the molecule is Clc1cccc(Nc2nncc(N3CCCCC3)n2)c1Cl. The molecule has 0 atom stereocenters. The van der Waals surface area contributed by atoms with Gasteiger partial charge in [0.1, 0.15) is 0 Å². The van der Waals surface area contributed by atoms with Crippen LogP contribution in [0.1, 0.15) is 19.3 Å². The van der Waals surface area contributed by atoms with Crippen molar-refractivity contribution in [2.24, 2.45) is 0 Å². The first-order valence-electron chi connectivity index (χ1n) is 6.90. The molecular formula is C14H15Cl2N5. The molecule has 1 aromatic heterocycles. The van der Waals surface area contributed by atoms with Crippen LogP contribution in [0.2, 0.25) is 10.0 Å². The largest absolute Gasteiger partial charge is 0.355 e. The van der Waals surface area contributed by atoms with E-state index in [1.807, 2.05) is 12.1 Å². The van der Waals surface area contributed by atoms with E-state index >= 15 is 0 Å². The molecule has 1 N–H and O–H groups in total. The molecule has 1 aromatic carbocycles. The highest BCUT2D eigenvalue weighted by molar-refractivity contribution is 6.43. The van der Waals surface area contributed by atoms with Crippen LogP contribution in [0.25, 0.3) is 0 Å². The third kappa shape index (κ3) is 3.36. The van der Waals surface area contributed by atoms with Crippen molar-refractivity contribution in [2.45, 2.75) is 19.3 Å². The first-order valence-corrected chi connectivity index (χ1v) is 7.65. The van der Waals surface area contributed by atoms with Crippen LogP contribution in [0.4, 0.5) is 17.5 Å². The molecule has 2 aromatic rings. The van der Waals surface area contributed by atoms with Crippen LogP contribution in [0.3, 0.4) is 0 Å². The van der Waals surface area contributed by atoms with Gasteiger partial charge in [0.25, 0.3) is 0 Å². The first kappa shape index (κ1) is 14.4. The van der Waals surface area contributed by atoms with Gasteiger partial charge < -0.3 is 10.2 Å². The Hall–Kier alpha value is -1.59. The summed E-state index contributed by atoms with van der Waals surface area (Å²) in [5.41, 5.74) is 0.668. The number of piperidine rings is 1. The molecule has 0 unspecified atom stereocenters. The van der Waals surface area contributed by atoms with E-state index < -0.39 is 0 Å². The van der Waals surface area contributed by atoms with Crippen LogP contribution in [-0.4, -0.2) is 28.3 Å². The van der Waals surface area contributed by atoms with Crippen LogP contribution in [0, 0.1) is 0 Å². The summed E-state index contributed by atoms with van der Waals surface area (Å²) < 4.78 is 0. The zero-order valence-corrected chi connectivity index (χ0v) is 12.9. The summed E-state index contributed by atoms with van der Waals surface area (Å²) in [7, 11) is 0. The lowest BCUT2D eigenvalue weighted by atomic mass is 10.1. The maximum atomic E-state index is 6.15. The topological polar surface area (TPSA) is 53.9 Å². The van der Waals surface area contributed by atoms with E-state index in [4.69, 9.17) is 23.2 Å². The summed E-state index contributed by atoms with van der Waals surface area (Å²) in [6.07, 6.45) is 5.34. The Kier molecular flexibility index (Phi) is 4.41. The van der Waals surface area contributed by atoms with Gasteiger partial charge in [0.2, 0.25) is 5.95 Å². The second-order valence-electron chi connectivity index (χ2n) is 4.91.